The monoisotopic (exact) mass is 581 g/mol. The molecule has 2 aromatic rings. The fourth-order valence-electron chi connectivity index (χ4n) is 8.40. The molecule has 3 amide bonds. The van der Waals surface area contributed by atoms with Crippen LogP contribution in [0.5, 0.6) is 0 Å². The maximum atomic E-state index is 14.9. The number of hydrogen-bond donors (Lipinski definition) is 1. The van der Waals surface area contributed by atoms with E-state index >= 15 is 0 Å². The topological polar surface area (TPSA) is 90.4 Å². The third-order valence-electron chi connectivity index (χ3n) is 10.3. The summed E-state index contributed by atoms with van der Waals surface area (Å²) in [6.45, 7) is 2.29. The molecule has 0 radical (unpaired) electrons. The molecule has 1 unspecified atom stereocenters. The lowest BCUT2D eigenvalue weighted by Crippen LogP contribution is -2.58. The molecule has 0 bridgehead atoms. The van der Waals surface area contributed by atoms with Crippen molar-refractivity contribution in [3.05, 3.63) is 90.5 Å². The standard InChI is InChI=1S/C35H39N3O5/c1-34-19-11-21-36(25-15-7-3-8-16-25)31(40)28(34)29-32(41)38(27(23-39)24-13-5-2-6-14-24)30-33(42)37(26-17-9-4-10-18-26)22-12-20-35(29,30)43-34/h2-3,5-8,11-16,19-20,26-30,39H,4,9-10,17-18,21-23H2,1H3/t27-,28-,29+,30?,34+,35+/m1/s1. The molecule has 7 rings (SSSR count). The number of rotatable bonds is 5. The quantitative estimate of drug-likeness (QED) is 0.539. The van der Waals surface area contributed by atoms with Gasteiger partial charge in [-0.25, -0.2) is 0 Å². The Morgan fingerprint density at radius 1 is 0.837 bits per heavy atom. The molecule has 224 valence electrons. The lowest BCUT2D eigenvalue weighted by molar-refractivity contribution is -0.156. The van der Waals surface area contributed by atoms with Crippen molar-refractivity contribution in [3.63, 3.8) is 0 Å². The van der Waals surface area contributed by atoms with E-state index < -0.39 is 35.1 Å². The van der Waals surface area contributed by atoms with Crippen LogP contribution < -0.4 is 4.90 Å². The number of ether oxygens (including phenoxy) is 1. The van der Waals surface area contributed by atoms with Crippen LogP contribution in [0.25, 0.3) is 0 Å². The molecule has 2 saturated heterocycles. The third-order valence-corrected chi connectivity index (χ3v) is 10.3. The highest BCUT2D eigenvalue weighted by Gasteiger charge is 2.75. The van der Waals surface area contributed by atoms with Crippen LogP contribution >= 0.6 is 0 Å². The van der Waals surface area contributed by atoms with E-state index in [-0.39, 0.29) is 30.4 Å². The SMILES string of the molecule is C[C@]12C=CCN(c3ccccc3)C(=O)[C@H]1[C@H]1C(=O)N([C@H](CO)c3ccccc3)C3C(=O)N(C4CCCCC4)CC=C[C@@]31O2. The van der Waals surface area contributed by atoms with Crippen LogP contribution in [-0.4, -0.2) is 75.6 Å². The number of fused-ring (bicyclic) bond motifs is 2. The van der Waals surface area contributed by atoms with Crippen molar-refractivity contribution in [1.82, 2.24) is 9.80 Å². The predicted octanol–water partition coefficient (Wildman–Crippen LogP) is 4.03. The molecule has 1 aliphatic carbocycles. The van der Waals surface area contributed by atoms with Gasteiger partial charge in [-0.2, -0.15) is 0 Å². The molecule has 8 nitrogen and oxygen atoms in total. The van der Waals surface area contributed by atoms with Crippen molar-refractivity contribution in [2.45, 2.75) is 68.4 Å². The number of benzene rings is 2. The maximum absolute atomic E-state index is 14.9. The summed E-state index contributed by atoms with van der Waals surface area (Å²) in [5, 5.41) is 10.8. The Morgan fingerprint density at radius 2 is 1.51 bits per heavy atom. The minimum Gasteiger partial charge on any atom is -0.394 e. The largest absolute Gasteiger partial charge is 0.394 e. The van der Waals surface area contributed by atoms with E-state index in [4.69, 9.17) is 4.74 Å². The van der Waals surface area contributed by atoms with E-state index in [1.165, 1.54) is 0 Å². The number of anilines is 1. The van der Waals surface area contributed by atoms with E-state index in [2.05, 4.69) is 0 Å². The van der Waals surface area contributed by atoms with Crippen molar-refractivity contribution in [2.75, 3.05) is 24.6 Å². The van der Waals surface area contributed by atoms with Crippen LogP contribution in [-0.2, 0) is 19.1 Å². The Labute approximate surface area is 252 Å². The molecular weight excluding hydrogens is 542 g/mol. The van der Waals surface area contributed by atoms with Crippen LogP contribution in [0.15, 0.2) is 85.0 Å². The second kappa shape index (κ2) is 10.8. The molecule has 2 aromatic carbocycles. The molecule has 1 N–H and O–H groups in total. The van der Waals surface area contributed by atoms with Gasteiger partial charge in [0.2, 0.25) is 17.7 Å². The van der Waals surface area contributed by atoms with Crippen LogP contribution in [0, 0.1) is 11.8 Å². The molecule has 4 heterocycles. The van der Waals surface area contributed by atoms with Crippen LogP contribution in [0.1, 0.15) is 50.6 Å². The summed E-state index contributed by atoms with van der Waals surface area (Å²) >= 11 is 0. The van der Waals surface area contributed by atoms with Crippen molar-refractivity contribution < 1.29 is 24.2 Å². The molecule has 0 aromatic heterocycles. The summed E-state index contributed by atoms with van der Waals surface area (Å²) < 4.78 is 7.01. The smallest absolute Gasteiger partial charge is 0.249 e. The zero-order valence-electron chi connectivity index (χ0n) is 24.5. The Bertz CT molecular complexity index is 1450. The summed E-state index contributed by atoms with van der Waals surface area (Å²) in [6.07, 6.45) is 12.8. The summed E-state index contributed by atoms with van der Waals surface area (Å²) in [5.74, 6) is -2.50. The van der Waals surface area contributed by atoms with Gasteiger partial charge in [0.1, 0.15) is 11.6 Å². The molecule has 1 saturated carbocycles. The fourth-order valence-corrected chi connectivity index (χ4v) is 8.40. The predicted molar refractivity (Wildman–Crippen MR) is 162 cm³/mol. The summed E-state index contributed by atoms with van der Waals surface area (Å²) in [5.41, 5.74) is -0.981. The molecule has 6 atom stereocenters. The highest BCUT2D eigenvalue weighted by atomic mass is 16.5. The van der Waals surface area contributed by atoms with Crippen LogP contribution in [0.4, 0.5) is 5.69 Å². The fraction of sp³-hybridized carbons (Fsp3) is 0.457. The average Bonchev–Trinajstić information content (AvgIpc) is 3.30. The minimum absolute atomic E-state index is 0.0823. The lowest BCUT2D eigenvalue weighted by atomic mass is 9.74. The van der Waals surface area contributed by atoms with E-state index in [1.54, 1.807) is 9.80 Å². The summed E-state index contributed by atoms with van der Waals surface area (Å²) in [6, 6.07) is 17.1. The van der Waals surface area contributed by atoms with Crippen molar-refractivity contribution in [2.24, 2.45) is 11.8 Å². The Morgan fingerprint density at radius 3 is 2.21 bits per heavy atom. The van der Waals surface area contributed by atoms with Gasteiger partial charge in [-0.3, -0.25) is 14.4 Å². The van der Waals surface area contributed by atoms with Crippen molar-refractivity contribution >= 4 is 23.4 Å². The Hall–Kier alpha value is -3.75. The molecule has 1 spiro atoms. The first-order valence-corrected chi connectivity index (χ1v) is 15.6. The minimum atomic E-state index is -1.36. The number of aliphatic hydroxyl groups is 1. The molecule has 5 aliphatic rings. The second-order valence-corrected chi connectivity index (χ2v) is 12.7. The van der Waals surface area contributed by atoms with Gasteiger partial charge >= 0.3 is 0 Å². The summed E-state index contributed by atoms with van der Waals surface area (Å²) in [4.78, 5) is 49.5. The van der Waals surface area contributed by atoms with Gasteiger partial charge in [0.25, 0.3) is 0 Å². The normalized spacial score (nSPS) is 33.2. The highest BCUT2D eigenvalue weighted by molar-refractivity contribution is 6.04. The molecule has 43 heavy (non-hydrogen) atoms. The molecule has 3 fully saturated rings. The molecule has 8 heteroatoms. The number of aliphatic hydroxyl groups excluding tert-OH is 1. The van der Waals surface area contributed by atoms with Gasteiger partial charge in [-0.15, -0.1) is 0 Å². The maximum Gasteiger partial charge on any atom is 0.249 e. The number of carbonyl (C=O) groups excluding carboxylic acids is 3. The first-order valence-electron chi connectivity index (χ1n) is 15.6. The first-order chi connectivity index (χ1) is 20.9. The lowest BCUT2D eigenvalue weighted by Gasteiger charge is -2.42. The van der Waals surface area contributed by atoms with Crippen LogP contribution in [0.3, 0.4) is 0 Å². The van der Waals surface area contributed by atoms with Crippen LogP contribution in [0.2, 0.25) is 0 Å². The Balaban J connectivity index is 1.37. The number of amides is 3. The zero-order valence-corrected chi connectivity index (χ0v) is 24.5. The van der Waals surface area contributed by atoms with Gasteiger partial charge in [0, 0.05) is 24.8 Å². The van der Waals surface area contributed by atoms with Gasteiger partial charge in [-0.1, -0.05) is 92.1 Å². The van der Waals surface area contributed by atoms with E-state index in [0.29, 0.717) is 13.1 Å². The van der Waals surface area contributed by atoms with E-state index in [1.807, 2.05) is 96.8 Å². The molecule has 4 aliphatic heterocycles. The van der Waals surface area contributed by atoms with E-state index in [9.17, 15) is 19.5 Å². The summed E-state index contributed by atoms with van der Waals surface area (Å²) in [7, 11) is 0. The van der Waals surface area contributed by atoms with Gasteiger partial charge in [-0.05, 0) is 37.5 Å². The number of hydrogen-bond acceptors (Lipinski definition) is 5. The molecular formula is C35H39N3O5. The third kappa shape index (κ3) is 4.29. The zero-order chi connectivity index (χ0) is 29.8. The first kappa shape index (κ1) is 28.0. The average molecular weight is 582 g/mol. The van der Waals surface area contributed by atoms with Crippen molar-refractivity contribution in [1.29, 1.82) is 0 Å². The number of nitrogens with zero attached hydrogens (tertiary/aromatic N) is 3. The highest BCUT2D eigenvalue weighted by Crippen LogP contribution is 2.59. The number of para-hydroxylation sites is 1. The van der Waals surface area contributed by atoms with E-state index in [0.717, 1.165) is 43.4 Å². The van der Waals surface area contributed by atoms with Gasteiger partial charge in [0.15, 0.2) is 0 Å². The van der Waals surface area contributed by atoms with Gasteiger partial charge in [0.05, 0.1) is 30.1 Å². The Kier molecular flexibility index (Phi) is 7.01. The van der Waals surface area contributed by atoms with Gasteiger partial charge < -0.3 is 24.5 Å². The number of carbonyl (C=O) groups is 3. The second-order valence-electron chi connectivity index (χ2n) is 12.7. The number of likely N-dealkylation sites (tertiary alicyclic amines) is 1. The van der Waals surface area contributed by atoms with Crippen molar-refractivity contribution in [3.8, 4) is 0 Å².